The lowest BCUT2D eigenvalue weighted by Crippen LogP contribution is -2.56. The summed E-state index contributed by atoms with van der Waals surface area (Å²) in [6, 6.07) is 5.84. The molecule has 0 amide bonds. The summed E-state index contributed by atoms with van der Waals surface area (Å²) in [5, 5.41) is 8.68. The molecule has 1 heterocycles. The summed E-state index contributed by atoms with van der Waals surface area (Å²) >= 11 is 1.49. The molecule has 0 spiro atoms. The highest BCUT2D eigenvalue weighted by Gasteiger charge is 2.21. The highest BCUT2D eigenvalue weighted by molar-refractivity contribution is 7.98. The molecule has 0 saturated carbocycles. The van der Waals surface area contributed by atoms with Crippen LogP contribution in [0, 0.1) is 5.92 Å². The molecule has 3 N–H and O–H groups in total. The topological polar surface area (TPSA) is 85.0 Å². The molecule has 0 radical (unpaired) electrons. The first-order valence-electron chi connectivity index (χ1n) is 7.05. The molecule has 1 aromatic carbocycles. The average molecular weight is 324 g/mol. The van der Waals surface area contributed by atoms with E-state index in [0.29, 0.717) is 34.3 Å². The minimum absolute atomic E-state index is 0.0166. The summed E-state index contributed by atoms with van der Waals surface area (Å²) in [5.74, 6) is 3.09. The standard InChI is InChI=1S/C15H21N3O3S/c1-9(2)13(16)14-17-18-15(21-14)22-8-10-5-6-11(19-3)12(7-10)20-4/h5-7,9,13H,8,16H2,1-4H3/p+1/t13-/m0/s1. The lowest BCUT2D eigenvalue weighted by molar-refractivity contribution is -0.443. The van der Waals surface area contributed by atoms with Gasteiger partial charge in [-0.3, -0.25) is 0 Å². The molecule has 2 aromatic rings. The van der Waals surface area contributed by atoms with E-state index >= 15 is 0 Å². The van der Waals surface area contributed by atoms with Crippen LogP contribution in [0.4, 0.5) is 0 Å². The Morgan fingerprint density at radius 2 is 1.91 bits per heavy atom. The van der Waals surface area contributed by atoms with Crippen LogP contribution in [-0.4, -0.2) is 24.4 Å². The fourth-order valence-corrected chi connectivity index (χ4v) is 2.54. The third kappa shape index (κ3) is 3.92. The van der Waals surface area contributed by atoms with E-state index in [1.807, 2.05) is 18.2 Å². The van der Waals surface area contributed by atoms with E-state index in [2.05, 4.69) is 29.8 Å². The van der Waals surface area contributed by atoms with Crippen LogP contribution in [0.5, 0.6) is 11.5 Å². The van der Waals surface area contributed by atoms with E-state index < -0.39 is 0 Å². The van der Waals surface area contributed by atoms with Crippen molar-refractivity contribution in [3.05, 3.63) is 29.7 Å². The fraction of sp³-hybridized carbons (Fsp3) is 0.467. The van der Waals surface area contributed by atoms with Gasteiger partial charge in [-0.1, -0.05) is 31.7 Å². The lowest BCUT2D eigenvalue weighted by atomic mass is 10.1. The van der Waals surface area contributed by atoms with Crippen molar-refractivity contribution in [2.75, 3.05) is 14.2 Å². The Hall–Kier alpha value is -1.73. The Bertz CT molecular complexity index is 616. The predicted octanol–water partition coefficient (Wildman–Crippen LogP) is 2.32. The summed E-state index contributed by atoms with van der Waals surface area (Å²) in [6.07, 6.45) is 0. The second kappa shape index (κ2) is 7.51. The number of thioether (sulfide) groups is 1. The quantitative estimate of drug-likeness (QED) is 0.787. The monoisotopic (exact) mass is 324 g/mol. The Labute approximate surface area is 134 Å². The second-order valence-electron chi connectivity index (χ2n) is 5.23. The van der Waals surface area contributed by atoms with Crippen molar-refractivity contribution in [2.24, 2.45) is 5.92 Å². The minimum atomic E-state index is 0.0166. The Balaban J connectivity index is 2.01. The van der Waals surface area contributed by atoms with Gasteiger partial charge in [0.1, 0.15) is 0 Å². The zero-order chi connectivity index (χ0) is 16.1. The molecule has 0 aliphatic rings. The van der Waals surface area contributed by atoms with Gasteiger partial charge in [0.25, 0.3) is 11.1 Å². The first kappa shape index (κ1) is 16.6. The molecule has 0 saturated heterocycles. The molecule has 0 aliphatic carbocycles. The van der Waals surface area contributed by atoms with Crippen LogP contribution >= 0.6 is 11.8 Å². The third-order valence-electron chi connectivity index (χ3n) is 3.35. The summed E-state index contributed by atoms with van der Waals surface area (Å²) in [5.41, 5.74) is 5.14. The minimum Gasteiger partial charge on any atom is -0.493 e. The van der Waals surface area contributed by atoms with Crippen molar-refractivity contribution in [3.63, 3.8) is 0 Å². The van der Waals surface area contributed by atoms with E-state index in [4.69, 9.17) is 13.9 Å². The molecular weight excluding hydrogens is 302 g/mol. The fourth-order valence-electron chi connectivity index (χ4n) is 1.83. The number of methoxy groups -OCH3 is 2. The van der Waals surface area contributed by atoms with Gasteiger partial charge < -0.3 is 19.6 Å². The van der Waals surface area contributed by atoms with Crippen molar-refractivity contribution in [1.82, 2.24) is 10.2 Å². The van der Waals surface area contributed by atoms with Gasteiger partial charge in [-0.05, 0) is 17.7 Å². The summed E-state index contributed by atoms with van der Waals surface area (Å²) < 4.78 is 16.2. The van der Waals surface area contributed by atoms with E-state index in [1.54, 1.807) is 14.2 Å². The van der Waals surface area contributed by atoms with E-state index in [0.717, 1.165) is 5.56 Å². The van der Waals surface area contributed by atoms with E-state index in [-0.39, 0.29) is 6.04 Å². The molecule has 1 atom stereocenters. The van der Waals surface area contributed by atoms with E-state index in [9.17, 15) is 0 Å². The van der Waals surface area contributed by atoms with Gasteiger partial charge in [0.2, 0.25) is 0 Å². The van der Waals surface area contributed by atoms with Crippen LogP contribution in [-0.2, 0) is 5.75 Å². The Morgan fingerprint density at radius 1 is 1.18 bits per heavy atom. The third-order valence-corrected chi connectivity index (χ3v) is 4.24. The Morgan fingerprint density at radius 3 is 2.55 bits per heavy atom. The van der Waals surface area contributed by atoms with Gasteiger partial charge in [0.15, 0.2) is 17.5 Å². The van der Waals surface area contributed by atoms with Crippen LogP contribution in [0.25, 0.3) is 0 Å². The number of rotatable bonds is 7. The molecule has 7 heteroatoms. The van der Waals surface area contributed by atoms with Crippen LogP contribution < -0.4 is 15.2 Å². The molecule has 120 valence electrons. The second-order valence-corrected chi connectivity index (χ2v) is 6.16. The van der Waals surface area contributed by atoms with E-state index in [1.165, 1.54) is 11.8 Å². The number of quaternary nitrogens is 1. The van der Waals surface area contributed by atoms with Crippen LogP contribution in [0.1, 0.15) is 31.3 Å². The van der Waals surface area contributed by atoms with Crippen molar-refractivity contribution in [2.45, 2.75) is 30.9 Å². The normalized spacial score (nSPS) is 12.5. The Kier molecular flexibility index (Phi) is 5.68. The maximum atomic E-state index is 5.65. The number of hydrogen-bond acceptors (Lipinski definition) is 6. The smallest absolute Gasteiger partial charge is 0.277 e. The van der Waals surface area contributed by atoms with Gasteiger partial charge in [-0.2, -0.15) is 0 Å². The van der Waals surface area contributed by atoms with Gasteiger partial charge in [-0.15, -0.1) is 10.2 Å². The number of hydrogen-bond donors (Lipinski definition) is 1. The summed E-state index contributed by atoms with van der Waals surface area (Å²) in [7, 11) is 3.25. The lowest BCUT2D eigenvalue weighted by Gasteiger charge is -2.08. The SMILES string of the molecule is COc1ccc(CSc2nnc([C@@H]([NH3+])C(C)C)o2)cc1OC. The molecule has 0 fully saturated rings. The van der Waals surface area contributed by atoms with Crippen molar-refractivity contribution in [1.29, 1.82) is 0 Å². The highest BCUT2D eigenvalue weighted by atomic mass is 32.2. The number of nitrogens with zero attached hydrogens (tertiary/aromatic N) is 2. The zero-order valence-corrected chi connectivity index (χ0v) is 14.1. The summed E-state index contributed by atoms with van der Waals surface area (Å²) in [4.78, 5) is 0. The van der Waals surface area contributed by atoms with Crippen LogP contribution in [0.2, 0.25) is 0 Å². The number of benzene rings is 1. The van der Waals surface area contributed by atoms with Gasteiger partial charge in [0, 0.05) is 11.7 Å². The summed E-state index contributed by atoms with van der Waals surface area (Å²) in [6.45, 7) is 4.16. The van der Waals surface area contributed by atoms with Crippen LogP contribution in [0.15, 0.2) is 27.8 Å². The molecule has 0 bridgehead atoms. The highest BCUT2D eigenvalue weighted by Crippen LogP contribution is 2.30. The maximum absolute atomic E-state index is 5.65. The first-order chi connectivity index (χ1) is 10.5. The van der Waals surface area contributed by atoms with Crippen molar-refractivity contribution in [3.8, 4) is 11.5 Å². The maximum Gasteiger partial charge on any atom is 0.277 e. The first-order valence-corrected chi connectivity index (χ1v) is 8.04. The number of aromatic nitrogens is 2. The predicted molar refractivity (Wildman–Crippen MR) is 83.9 cm³/mol. The largest absolute Gasteiger partial charge is 0.493 e. The molecule has 1 aromatic heterocycles. The molecule has 2 rings (SSSR count). The average Bonchev–Trinajstić information content (AvgIpc) is 3.00. The zero-order valence-electron chi connectivity index (χ0n) is 13.3. The number of ether oxygens (including phenoxy) is 2. The van der Waals surface area contributed by atoms with Crippen molar-refractivity contribution < 1.29 is 19.6 Å². The van der Waals surface area contributed by atoms with Gasteiger partial charge in [0.05, 0.1) is 14.2 Å². The van der Waals surface area contributed by atoms with Gasteiger partial charge in [-0.25, -0.2) is 0 Å². The molecule has 0 aliphatic heterocycles. The molecule has 6 nitrogen and oxygen atoms in total. The van der Waals surface area contributed by atoms with Crippen LogP contribution in [0.3, 0.4) is 0 Å². The van der Waals surface area contributed by atoms with Gasteiger partial charge >= 0.3 is 0 Å². The molecular formula is C15H22N3O3S+. The molecule has 0 unspecified atom stereocenters. The molecule has 22 heavy (non-hydrogen) atoms. The van der Waals surface area contributed by atoms with Crippen molar-refractivity contribution >= 4 is 11.8 Å².